The molecule has 0 saturated carbocycles. The van der Waals surface area contributed by atoms with Gasteiger partial charge in [0.2, 0.25) is 11.8 Å². The van der Waals surface area contributed by atoms with E-state index in [0.717, 1.165) is 5.39 Å². The summed E-state index contributed by atoms with van der Waals surface area (Å²) in [6, 6.07) is 7.29. The van der Waals surface area contributed by atoms with Crippen LogP contribution in [0.4, 0.5) is 0 Å². The van der Waals surface area contributed by atoms with E-state index in [1.807, 2.05) is 18.2 Å². The minimum atomic E-state index is -1.09. The number of rotatable bonds is 11. The third kappa shape index (κ3) is 6.89. The molecule has 1 heterocycles. The molecule has 1 unspecified atom stereocenters. The molecule has 0 aliphatic heterocycles. The zero-order valence-electron chi connectivity index (χ0n) is 16.4. The predicted molar refractivity (Wildman–Crippen MR) is 110 cm³/mol. The van der Waals surface area contributed by atoms with E-state index in [9.17, 15) is 19.5 Å². The smallest absolute Gasteiger partial charge is 0.307 e. The second-order valence-electron chi connectivity index (χ2n) is 6.36. The normalized spacial score (nSPS) is 12.3. The Balaban J connectivity index is 1.92. The van der Waals surface area contributed by atoms with Gasteiger partial charge in [-0.25, -0.2) is 4.68 Å². The third-order valence-corrected chi connectivity index (χ3v) is 4.04. The molecule has 0 spiro atoms. The Hall–Kier alpha value is -3.96. The maximum atomic E-state index is 12.4. The first-order chi connectivity index (χ1) is 14.4. The summed E-state index contributed by atoms with van der Waals surface area (Å²) in [6.07, 6.45) is 3.61. The minimum Gasteiger partial charge on any atom is -0.481 e. The number of aliphatic carboxylic acids is 1. The molecule has 0 fully saturated rings. The first-order valence-corrected chi connectivity index (χ1v) is 9.08. The summed E-state index contributed by atoms with van der Waals surface area (Å²) >= 11 is 0. The van der Waals surface area contributed by atoms with Crippen LogP contribution in [0.15, 0.2) is 40.7 Å². The number of hydrogen-bond acceptors (Lipinski definition) is 7. The fraction of sp³-hybridized carbons (Fsp3) is 0.333. The van der Waals surface area contributed by atoms with Crippen LogP contribution in [0.3, 0.4) is 0 Å². The summed E-state index contributed by atoms with van der Waals surface area (Å²) in [6.45, 7) is -0.217. The van der Waals surface area contributed by atoms with E-state index < -0.39 is 18.0 Å². The average Bonchev–Trinajstić information content (AvgIpc) is 3.13. The minimum absolute atomic E-state index is 0.151. The number of hydrazone groups is 2. The van der Waals surface area contributed by atoms with Gasteiger partial charge in [-0.3, -0.25) is 19.8 Å². The number of hydrogen-bond donors (Lipinski definition) is 4. The van der Waals surface area contributed by atoms with Crippen LogP contribution in [0.1, 0.15) is 25.4 Å². The zero-order valence-corrected chi connectivity index (χ0v) is 16.4. The zero-order chi connectivity index (χ0) is 21.9. The SMILES string of the molecule is CN(CC(=O)NC(CC(=O)O)n1cc2ccccc2n1)C(=O)CCC=NNC=NN. The van der Waals surface area contributed by atoms with Crippen LogP contribution in [0, 0.1) is 0 Å². The molecule has 5 N–H and O–H groups in total. The number of carboxylic acid groups (broad SMARTS) is 1. The summed E-state index contributed by atoms with van der Waals surface area (Å²) in [5, 5.41) is 23.9. The van der Waals surface area contributed by atoms with E-state index in [1.54, 1.807) is 12.3 Å². The van der Waals surface area contributed by atoms with Crippen molar-refractivity contribution in [1.82, 2.24) is 25.4 Å². The van der Waals surface area contributed by atoms with E-state index in [1.165, 1.54) is 29.2 Å². The highest BCUT2D eigenvalue weighted by Gasteiger charge is 2.21. The van der Waals surface area contributed by atoms with Crippen LogP contribution in [0.2, 0.25) is 0 Å². The number of likely N-dealkylation sites (N-methyl/N-ethyl adjacent to an activating group) is 1. The van der Waals surface area contributed by atoms with Crippen molar-refractivity contribution in [3.8, 4) is 0 Å². The summed E-state index contributed by atoms with van der Waals surface area (Å²) in [7, 11) is 1.49. The van der Waals surface area contributed by atoms with Gasteiger partial charge in [0, 0.05) is 31.3 Å². The molecule has 0 bridgehead atoms. The maximum Gasteiger partial charge on any atom is 0.307 e. The third-order valence-electron chi connectivity index (χ3n) is 4.04. The number of aromatic nitrogens is 2. The molecule has 12 nitrogen and oxygen atoms in total. The number of nitrogens with two attached hydrogens (primary N) is 1. The van der Waals surface area contributed by atoms with Crippen molar-refractivity contribution in [3.05, 3.63) is 30.5 Å². The Morgan fingerprint density at radius 2 is 2.13 bits per heavy atom. The van der Waals surface area contributed by atoms with Crippen molar-refractivity contribution in [2.24, 2.45) is 16.0 Å². The van der Waals surface area contributed by atoms with Crippen molar-refractivity contribution in [2.75, 3.05) is 13.6 Å². The lowest BCUT2D eigenvalue weighted by Gasteiger charge is -2.21. The van der Waals surface area contributed by atoms with Gasteiger partial charge in [0.1, 0.15) is 12.5 Å². The lowest BCUT2D eigenvalue weighted by Crippen LogP contribution is -2.42. The Morgan fingerprint density at radius 1 is 1.37 bits per heavy atom. The van der Waals surface area contributed by atoms with Crippen LogP contribution < -0.4 is 16.6 Å². The lowest BCUT2D eigenvalue weighted by molar-refractivity contribution is -0.139. The standard InChI is InChI=1S/C18H24N8O4/c1-25(17(28)7-4-8-21-22-12-20-19)11-16(27)23-15(9-18(29)30)26-10-13-5-2-3-6-14(13)24-26/h2-3,5-6,8,10,12,15H,4,7,9,11,19H2,1H3,(H,20,22)(H,23,27)(H,29,30). The van der Waals surface area contributed by atoms with Gasteiger partial charge in [0.15, 0.2) is 0 Å². The van der Waals surface area contributed by atoms with Crippen molar-refractivity contribution in [2.45, 2.75) is 25.4 Å². The molecule has 30 heavy (non-hydrogen) atoms. The van der Waals surface area contributed by atoms with Gasteiger partial charge in [-0.15, -0.1) is 0 Å². The summed E-state index contributed by atoms with van der Waals surface area (Å²) < 4.78 is 1.41. The highest BCUT2D eigenvalue weighted by atomic mass is 16.4. The molecule has 0 aliphatic carbocycles. The summed E-state index contributed by atoms with van der Waals surface area (Å²) in [5.41, 5.74) is 3.12. The van der Waals surface area contributed by atoms with Gasteiger partial charge in [-0.05, 0) is 12.5 Å². The van der Waals surface area contributed by atoms with Crippen molar-refractivity contribution < 1.29 is 19.5 Å². The molecule has 2 amide bonds. The van der Waals surface area contributed by atoms with E-state index in [2.05, 4.69) is 26.0 Å². The molecule has 0 radical (unpaired) electrons. The fourth-order valence-corrected chi connectivity index (χ4v) is 2.62. The molecular weight excluding hydrogens is 392 g/mol. The molecular formula is C18H24N8O4. The number of carboxylic acids is 1. The van der Waals surface area contributed by atoms with Gasteiger partial charge >= 0.3 is 5.97 Å². The number of nitrogens with zero attached hydrogens (tertiary/aromatic N) is 5. The lowest BCUT2D eigenvalue weighted by atomic mass is 10.2. The molecule has 1 aromatic heterocycles. The Morgan fingerprint density at radius 3 is 2.83 bits per heavy atom. The molecule has 0 saturated heterocycles. The summed E-state index contributed by atoms with van der Waals surface area (Å²) in [5.74, 6) is 3.05. The molecule has 2 aromatic rings. The first kappa shape index (κ1) is 22.3. The van der Waals surface area contributed by atoms with Gasteiger partial charge in [0.25, 0.3) is 0 Å². The second-order valence-corrected chi connectivity index (χ2v) is 6.36. The second kappa shape index (κ2) is 11.1. The van der Waals surface area contributed by atoms with Gasteiger partial charge in [0.05, 0.1) is 18.5 Å². The Bertz CT molecular complexity index is 906. The van der Waals surface area contributed by atoms with Gasteiger partial charge in [-0.1, -0.05) is 18.2 Å². The molecule has 160 valence electrons. The van der Waals surface area contributed by atoms with Crippen LogP contribution in [-0.4, -0.2) is 63.7 Å². The van der Waals surface area contributed by atoms with Gasteiger partial charge < -0.3 is 21.2 Å². The van der Waals surface area contributed by atoms with Crippen LogP contribution in [0.5, 0.6) is 0 Å². The fourth-order valence-electron chi connectivity index (χ4n) is 2.62. The maximum absolute atomic E-state index is 12.4. The first-order valence-electron chi connectivity index (χ1n) is 9.08. The molecule has 12 heteroatoms. The van der Waals surface area contributed by atoms with E-state index >= 15 is 0 Å². The van der Waals surface area contributed by atoms with Crippen LogP contribution in [-0.2, 0) is 14.4 Å². The van der Waals surface area contributed by atoms with Crippen molar-refractivity contribution in [1.29, 1.82) is 0 Å². The quantitative estimate of drug-likeness (QED) is 0.171. The van der Waals surface area contributed by atoms with Crippen molar-refractivity contribution in [3.63, 3.8) is 0 Å². The number of benzene rings is 1. The van der Waals surface area contributed by atoms with E-state index in [-0.39, 0.29) is 25.3 Å². The van der Waals surface area contributed by atoms with E-state index in [4.69, 9.17) is 5.84 Å². The van der Waals surface area contributed by atoms with Gasteiger partial charge in [-0.2, -0.15) is 15.3 Å². The number of carbonyl (C=O) groups excluding carboxylic acids is 2. The topological polar surface area (TPSA) is 167 Å². The Labute approximate surface area is 172 Å². The monoisotopic (exact) mass is 416 g/mol. The van der Waals surface area contributed by atoms with Crippen molar-refractivity contribution >= 4 is 41.2 Å². The Kier molecular flexibility index (Phi) is 8.29. The molecule has 0 aliphatic rings. The van der Waals surface area contributed by atoms with Crippen LogP contribution in [0.25, 0.3) is 10.9 Å². The molecule has 1 atom stereocenters. The number of nitrogens with one attached hydrogen (secondary N) is 2. The molecule has 2 rings (SSSR count). The van der Waals surface area contributed by atoms with E-state index in [0.29, 0.717) is 11.9 Å². The predicted octanol–water partition coefficient (Wildman–Crippen LogP) is -0.158. The number of carbonyl (C=O) groups is 3. The highest BCUT2D eigenvalue weighted by Crippen LogP contribution is 2.15. The molecule has 1 aromatic carbocycles. The number of amides is 2. The summed E-state index contributed by atoms with van der Waals surface area (Å²) in [4.78, 5) is 37.0. The number of fused-ring (bicyclic) bond motifs is 1. The average molecular weight is 416 g/mol. The highest BCUT2D eigenvalue weighted by molar-refractivity contribution is 5.86. The van der Waals surface area contributed by atoms with Crippen LogP contribution >= 0.6 is 0 Å². The largest absolute Gasteiger partial charge is 0.481 e.